The van der Waals surface area contributed by atoms with Crippen molar-refractivity contribution >= 4 is 32.4 Å². The first-order valence-electron chi connectivity index (χ1n) is 47.5. The summed E-state index contributed by atoms with van der Waals surface area (Å²) in [5.74, 6) is 1.05. The lowest BCUT2D eigenvalue weighted by Gasteiger charge is -2.28. The highest BCUT2D eigenvalue weighted by molar-refractivity contribution is 5.86. The van der Waals surface area contributed by atoms with Gasteiger partial charge in [0.05, 0.1) is 0 Å². The zero-order valence-electron chi connectivity index (χ0n) is 83.9. The Morgan fingerprint density at radius 2 is 0.632 bits per heavy atom. The second-order valence-corrected chi connectivity index (χ2v) is 46.6. The summed E-state index contributed by atoms with van der Waals surface area (Å²) >= 11 is 0. The van der Waals surface area contributed by atoms with E-state index in [1.165, 1.54) is 182 Å². The van der Waals surface area contributed by atoms with Crippen LogP contribution in [0, 0.1) is 61.6 Å². The Hall–Kier alpha value is -9.24. The van der Waals surface area contributed by atoms with Crippen LogP contribution in [0.2, 0.25) is 0 Å². The van der Waals surface area contributed by atoms with Crippen LogP contribution in [0.5, 0.6) is 0 Å². The van der Waals surface area contributed by atoms with E-state index in [0.717, 1.165) is 38.0 Å². The molecule has 14 rings (SSSR count). The predicted molar refractivity (Wildman–Crippen MR) is 558 cm³/mol. The first kappa shape index (κ1) is 105. The van der Waals surface area contributed by atoms with Gasteiger partial charge in [0.1, 0.15) is 0 Å². The van der Waals surface area contributed by atoms with Crippen molar-refractivity contribution in [2.24, 2.45) is 54.7 Å². The summed E-state index contributed by atoms with van der Waals surface area (Å²) in [5.41, 5.74) is 22.9. The second kappa shape index (κ2) is 49.8. The zero-order chi connectivity index (χ0) is 92.1. The van der Waals surface area contributed by atoms with Gasteiger partial charge in [-0.05, 0) is 240 Å². The highest BCUT2D eigenvalue weighted by atomic mass is 14.7. The molecule has 0 unspecified atom stereocenters. The summed E-state index contributed by atoms with van der Waals surface area (Å²) in [6.07, 6.45) is 26.0. The van der Waals surface area contributed by atoms with Crippen molar-refractivity contribution in [1.29, 1.82) is 0 Å². The Kier molecular flexibility index (Phi) is 41.6. The molecule has 2 N–H and O–H groups in total. The molecular weight excluding hydrogens is 1510 g/mol. The van der Waals surface area contributed by atoms with Crippen molar-refractivity contribution < 1.29 is 0 Å². The lowest BCUT2D eigenvalue weighted by atomic mass is 9.78. The molecule has 0 aliphatic heterocycles. The molecule has 1 aliphatic rings. The number of benzene rings is 11. The van der Waals surface area contributed by atoms with Gasteiger partial charge in [0.15, 0.2) is 0 Å². The first-order valence-corrected chi connectivity index (χ1v) is 47.5. The Morgan fingerprint density at radius 3 is 1.09 bits per heavy atom. The van der Waals surface area contributed by atoms with E-state index in [0.29, 0.717) is 48.7 Å². The molecule has 1 aliphatic carbocycles. The first-order chi connectivity index (χ1) is 58.5. The van der Waals surface area contributed by atoms with Gasteiger partial charge in [-0.2, -0.15) is 0 Å². The van der Waals surface area contributed by atoms with E-state index >= 15 is 0 Å². The maximum atomic E-state index is 3.31. The SMILES string of the molecule is CC(C)(C)CC1CCCCC1.CC(C)(C)CCc1ccc(-c2ccccc2)cc1.CC(C)(C)CCc1ccccc1.CC(C)(C)Cc1c[nH]c2ccccc12.CC(C)(C)Cc1ccc(-c2ccccc2)cc1.CC(C)(C)Cc1ccc2ccccc2c1.CC(C)(C)Cc1ccc[nH]1.CC(C)(C)Cc1cccc2ccccc12.Cc1ccc(CCC(C)(C)C)cc1. The highest BCUT2D eigenvalue weighted by Gasteiger charge is 2.22. The Balaban J connectivity index is 0.000000218. The van der Waals surface area contributed by atoms with Gasteiger partial charge in [-0.15, -0.1) is 0 Å². The molecule has 672 valence electrons. The molecule has 2 heterocycles. The van der Waals surface area contributed by atoms with Crippen molar-refractivity contribution in [1.82, 2.24) is 9.97 Å². The van der Waals surface area contributed by atoms with Crippen LogP contribution in [-0.2, 0) is 51.4 Å². The standard InChI is InChI=1S/C18H22.C17H20.2C15H18.C13H17N.C13H20.C12H18.C11H22.C9H15N/c1-18(2,3)14-13-15-9-11-17(12-10-15)16-7-5-4-6-8-16;1-17(2,3)13-14-9-11-16(12-10-14)15-7-5-4-6-8-15;1-15(2,3)11-13-9-6-8-12-7-4-5-10-14(12)13;1-15(2,3)11-12-8-9-13-6-4-5-7-14(13)10-12;1-13(2,3)8-10-9-14-12-7-5-4-6-11(10)12;1-11-5-7-12(8-6-11)9-10-13(2,3)4;1-12(2,3)10-9-11-7-5-4-6-8-11;1-11(2,3)9-10-7-5-4-6-8-10;1-9(2,3)7-8-5-4-6-10-8/h4-12H,13-14H2,1-3H3;4-12H,13H2,1-3H3;2*4-10H,11H2,1-3H3;4-7,9,14H,8H2,1-3H3;5-8H,9-10H2,1-4H3;4-8H,9-10H2,1-3H3;10H,4-9H2,1-3H3;4-6,10H,7H2,1-3H3. The van der Waals surface area contributed by atoms with Gasteiger partial charge in [0.25, 0.3) is 0 Å². The minimum Gasteiger partial charge on any atom is -0.365 e. The summed E-state index contributed by atoms with van der Waals surface area (Å²) in [6, 6.07) is 102. The van der Waals surface area contributed by atoms with Gasteiger partial charge in [0.2, 0.25) is 0 Å². The van der Waals surface area contributed by atoms with Gasteiger partial charge in [-0.3, -0.25) is 0 Å². The summed E-state index contributed by atoms with van der Waals surface area (Å²) in [5, 5.41) is 6.78. The van der Waals surface area contributed by atoms with Crippen LogP contribution < -0.4 is 0 Å². The Morgan fingerprint density at radius 1 is 0.256 bits per heavy atom. The fourth-order valence-electron chi connectivity index (χ4n) is 15.6. The number of rotatable bonds is 14. The van der Waals surface area contributed by atoms with Gasteiger partial charge in [-0.25, -0.2) is 0 Å². The van der Waals surface area contributed by atoms with E-state index in [1.807, 2.05) is 12.3 Å². The summed E-state index contributed by atoms with van der Waals surface area (Å²) in [6.45, 7) is 63.9. The fraction of sp³-hybridized carbons (Fsp3) is 0.447. The number of hydrogen-bond acceptors (Lipinski definition) is 0. The van der Waals surface area contributed by atoms with Gasteiger partial charge >= 0.3 is 0 Å². The number of aromatic nitrogens is 2. The number of para-hydroxylation sites is 1. The number of fused-ring (bicyclic) bond motifs is 3. The molecule has 1 saturated carbocycles. The van der Waals surface area contributed by atoms with E-state index < -0.39 is 0 Å². The van der Waals surface area contributed by atoms with Gasteiger partial charge in [-0.1, -0.05) is 492 Å². The molecule has 0 saturated heterocycles. The van der Waals surface area contributed by atoms with Crippen molar-refractivity contribution in [3.05, 3.63) is 348 Å². The largest absolute Gasteiger partial charge is 0.365 e. The molecule has 2 aromatic heterocycles. The molecule has 0 radical (unpaired) electrons. The normalized spacial score (nSPS) is 12.7. The number of nitrogens with one attached hydrogen (secondary N) is 2. The topological polar surface area (TPSA) is 31.6 Å². The van der Waals surface area contributed by atoms with E-state index in [9.17, 15) is 0 Å². The van der Waals surface area contributed by atoms with Crippen LogP contribution in [0.4, 0.5) is 0 Å². The lowest BCUT2D eigenvalue weighted by molar-refractivity contribution is 0.240. The molecular formula is C123H170N2. The monoisotopic (exact) mass is 1680 g/mol. The predicted octanol–water partition coefficient (Wildman–Crippen LogP) is 37.1. The average molecular weight is 1680 g/mol. The molecule has 2 nitrogen and oxygen atoms in total. The molecule has 0 amide bonds. The Bertz CT molecular complexity index is 5030. The van der Waals surface area contributed by atoms with Crippen LogP contribution in [0.1, 0.15) is 295 Å². The minimum absolute atomic E-state index is 0.351. The molecule has 0 bridgehead atoms. The molecule has 13 aromatic rings. The number of hydrogen-bond donors (Lipinski definition) is 2. The van der Waals surface area contributed by atoms with E-state index in [2.05, 4.69) is 489 Å². The number of aryl methyl sites for hydroxylation is 4. The van der Waals surface area contributed by atoms with E-state index in [1.54, 1.807) is 0 Å². The summed E-state index contributed by atoms with van der Waals surface area (Å²) < 4.78 is 0. The van der Waals surface area contributed by atoms with Crippen LogP contribution in [-0.4, -0.2) is 9.97 Å². The van der Waals surface area contributed by atoms with Crippen LogP contribution in [0.25, 0.3) is 54.7 Å². The molecule has 2 heteroatoms. The maximum Gasteiger partial charge on any atom is 0.0456 e. The maximum absolute atomic E-state index is 3.31. The molecule has 125 heavy (non-hydrogen) atoms. The quantitative estimate of drug-likeness (QED) is 0.109. The zero-order valence-corrected chi connectivity index (χ0v) is 83.9. The average Bonchev–Trinajstić information content (AvgIpc) is 1.54. The third-order valence-electron chi connectivity index (χ3n) is 21.9. The van der Waals surface area contributed by atoms with Crippen LogP contribution in [0.15, 0.2) is 298 Å². The third kappa shape index (κ3) is 46.7. The summed E-state index contributed by atoms with van der Waals surface area (Å²) in [7, 11) is 0. The van der Waals surface area contributed by atoms with Gasteiger partial charge in [0, 0.05) is 29.0 Å². The van der Waals surface area contributed by atoms with E-state index in [-0.39, 0.29) is 0 Å². The third-order valence-corrected chi connectivity index (χ3v) is 21.9. The summed E-state index contributed by atoms with van der Waals surface area (Å²) in [4.78, 5) is 6.50. The molecule has 0 atom stereocenters. The van der Waals surface area contributed by atoms with E-state index in [4.69, 9.17) is 0 Å². The number of aromatic amines is 2. The van der Waals surface area contributed by atoms with Crippen molar-refractivity contribution in [3.63, 3.8) is 0 Å². The fourth-order valence-corrected chi connectivity index (χ4v) is 15.6. The van der Waals surface area contributed by atoms with Crippen molar-refractivity contribution in [3.8, 4) is 22.3 Å². The van der Waals surface area contributed by atoms with Gasteiger partial charge < -0.3 is 9.97 Å². The number of H-pyrrole nitrogens is 2. The minimum atomic E-state index is 0.351. The molecule has 11 aromatic carbocycles. The van der Waals surface area contributed by atoms with Crippen molar-refractivity contribution in [2.75, 3.05) is 0 Å². The van der Waals surface area contributed by atoms with Crippen LogP contribution in [0.3, 0.4) is 0 Å². The smallest absolute Gasteiger partial charge is 0.0456 e. The molecule has 0 spiro atoms. The second-order valence-electron chi connectivity index (χ2n) is 46.6. The molecule has 1 fully saturated rings. The lowest BCUT2D eigenvalue weighted by Crippen LogP contribution is -2.15. The van der Waals surface area contributed by atoms with Crippen LogP contribution >= 0.6 is 0 Å². The van der Waals surface area contributed by atoms with Crippen molar-refractivity contribution in [2.45, 2.75) is 303 Å². The highest BCUT2D eigenvalue weighted by Crippen LogP contribution is 2.36. The Labute approximate surface area is 765 Å².